The average Bonchev–Trinajstić information content (AvgIpc) is 3.83. The van der Waals surface area contributed by atoms with Crippen LogP contribution in [0, 0.1) is 6.92 Å². The van der Waals surface area contributed by atoms with E-state index in [2.05, 4.69) is 16.5 Å². The molecule has 4 aliphatic rings. The van der Waals surface area contributed by atoms with Crippen LogP contribution in [0.25, 0.3) is 38.9 Å². The average molecular weight is 761 g/mol. The predicted octanol–water partition coefficient (Wildman–Crippen LogP) is 7.62. The molecule has 12 heteroatoms. The Morgan fingerprint density at radius 3 is 2.09 bits per heavy atom. The van der Waals surface area contributed by atoms with Crippen molar-refractivity contribution in [3.05, 3.63) is 99.4 Å². The van der Waals surface area contributed by atoms with Crippen LogP contribution in [-0.4, -0.2) is 71.2 Å². The van der Waals surface area contributed by atoms with Gasteiger partial charge in [-0.1, -0.05) is 18.7 Å². The summed E-state index contributed by atoms with van der Waals surface area (Å²) in [6.07, 6.45) is 4.97. The highest BCUT2D eigenvalue weighted by Gasteiger charge is 2.49. The van der Waals surface area contributed by atoms with Crippen LogP contribution in [0.3, 0.4) is 0 Å². The Labute approximate surface area is 326 Å². The maximum atomic E-state index is 14.0. The third kappa shape index (κ3) is 7.00. The first-order valence-electron chi connectivity index (χ1n) is 18.8. The van der Waals surface area contributed by atoms with E-state index in [0.29, 0.717) is 47.0 Å². The number of nitrogens with zero attached hydrogens (tertiary/aromatic N) is 2. The van der Waals surface area contributed by atoms with Crippen molar-refractivity contribution in [2.24, 2.45) is 0 Å². The topological polar surface area (TPSA) is 163 Å². The van der Waals surface area contributed by atoms with E-state index in [1.165, 1.54) is 14.2 Å². The van der Waals surface area contributed by atoms with Gasteiger partial charge in [0.05, 0.1) is 66.8 Å². The first kappa shape index (κ1) is 39.6. The molecule has 1 atom stereocenters. The number of nitrogens with one attached hydrogen (secondary N) is 2. The number of hydrogen-bond acceptors (Lipinski definition) is 10. The van der Waals surface area contributed by atoms with Gasteiger partial charge in [-0.25, -0.2) is 19.6 Å². The molecule has 8 bridgehead atoms. The van der Waals surface area contributed by atoms with Crippen LogP contribution in [0.1, 0.15) is 106 Å². The minimum atomic E-state index is -1.18. The van der Waals surface area contributed by atoms with Crippen LogP contribution < -0.4 is 0 Å². The highest BCUT2D eigenvalue weighted by atomic mass is 16.5. The number of carbonyl (C=O) groups excluding carboxylic acids is 4. The number of allylic oxidation sites excluding steroid dienone is 7. The molecule has 5 heterocycles. The maximum absolute atomic E-state index is 14.0. The van der Waals surface area contributed by atoms with Gasteiger partial charge >= 0.3 is 23.9 Å². The van der Waals surface area contributed by atoms with Gasteiger partial charge in [0.15, 0.2) is 0 Å². The molecule has 292 valence electrons. The van der Waals surface area contributed by atoms with E-state index in [1.807, 2.05) is 58.0 Å². The number of aromatic amines is 2. The minimum Gasteiger partial charge on any atom is -0.469 e. The number of esters is 4. The van der Waals surface area contributed by atoms with Gasteiger partial charge in [-0.05, 0) is 118 Å². The van der Waals surface area contributed by atoms with E-state index in [-0.39, 0.29) is 55.6 Å². The largest absolute Gasteiger partial charge is 0.469 e. The number of methoxy groups -OCH3 is 2. The lowest BCUT2D eigenvalue weighted by atomic mass is 9.68. The van der Waals surface area contributed by atoms with Gasteiger partial charge < -0.3 is 28.9 Å². The third-order valence-electron chi connectivity index (χ3n) is 11.0. The quantitative estimate of drug-likeness (QED) is 0.172. The summed E-state index contributed by atoms with van der Waals surface area (Å²) in [7, 11) is 2.74. The van der Waals surface area contributed by atoms with Gasteiger partial charge in [0.2, 0.25) is 0 Å². The second-order valence-electron chi connectivity index (χ2n) is 14.1. The summed E-state index contributed by atoms with van der Waals surface area (Å²) < 4.78 is 21.1. The molecule has 2 aromatic heterocycles. The minimum absolute atomic E-state index is 0.112. The van der Waals surface area contributed by atoms with Gasteiger partial charge in [0, 0.05) is 40.8 Å². The molecule has 12 nitrogen and oxygen atoms in total. The second-order valence-corrected chi connectivity index (χ2v) is 14.1. The van der Waals surface area contributed by atoms with Crippen molar-refractivity contribution in [1.29, 1.82) is 0 Å². The fourth-order valence-corrected chi connectivity index (χ4v) is 7.96. The highest BCUT2D eigenvalue weighted by molar-refractivity contribution is 6.08. The number of H-pyrrole nitrogens is 2. The number of fused-ring (bicyclic) bond motifs is 11. The summed E-state index contributed by atoms with van der Waals surface area (Å²) in [5, 5.41) is 0. The summed E-state index contributed by atoms with van der Waals surface area (Å²) in [6, 6.07) is 7.77. The van der Waals surface area contributed by atoms with Crippen molar-refractivity contribution in [2.75, 3.05) is 27.4 Å². The first-order valence-corrected chi connectivity index (χ1v) is 18.8. The van der Waals surface area contributed by atoms with Crippen molar-refractivity contribution in [3.63, 3.8) is 0 Å². The zero-order valence-electron chi connectivity index (χ0n) is 33.3. The Morgan fingerprint density at radius 1 is 0.804 bits per heavy atom. The Kier molecular flexibility index (Phi) is 11.3. The lowest BCUT2D eigenvalue weighted by Gasteiger charge is -2.33. The van der Waals surface area contributed by atoms with Crippen LogP contribution in [0.15, 0.2) is 54.1 Å². The molecule has 0 spiro atoms. The van der Waals surface area contributed by atoms with Crippen LogP contribution in [0.2, 0.25) is 0 Å². The Balaban J connectivity index is 1.74. The molecule has 6 rings (SSSR count). The normalized spacial score (nSPS) is 16.9. The number of hydrogen-bond donors (Lipinski definition) is 2. The van der Waals surface area contributed by atoms with Crippen molar-refractivity contribution in [1.82, 2.24) is 19.9 Å². The van der Waals surface area contributed by atoms with Gasteiger partial charge in [0.1, 0.15) is 0 Å². The molecule has 3 aliphatic heterocycles. The Morgan fingerprint density at radius 2 is 1.43 bits per heavy atom. The molecule has 2 aromatic rings. The molecule has 1 unspecified atom stereocenters. The lowest BCUT2D eigenvalue weighted by Crippen LogP contribution is -2.35. The zero-order valence-corrected chi connectivity index (χ0v) is 33.3. The summed E-state index contributed by atoms with van der Waals surface area (Å²) >= 11 is 0. The monoisotopic (exact) mass is 760 g/mol. The van der Waals surface area contributed by atoms with Crippen molar-refractivity contribution in [2.45, 2.75) is 79.1 Å². The molecule has 0 amide bonds. The summed E-state index contributed by atoms with van der Waals surface area (Å²) in [4.78, 5) is 69.6. The van der Waals surface area contributed by atoms with Crippen LogP contribution in [0.4, 0.5) is 0 Å². The molecule has 56 heavy (non-hydrogen) atoms. The number of ether oxygens (including phenoxy) is 4. The van der Waals surface area contributed by atoms with Gasteiger partial charge in [0.25, 0.3) is 0 Å². The fraction of sp³-hybridized carbons (Fsp3) is 0.364. The van der Waals surface area contributed by atoms with E-state index < -0.39 is 17.4 Å². The smallest absolute Gasteiger partial charge is 0.335 e. The Hall–Kier alpha value is -6.04. The van der Waals surface area contributed by atoms with Crippen LogP contribution >= 0.6 is 0 Å². The summed E-state index contributed by atoms with van der Waals surface area (Å²) in [6.45, 7) is 15.7. The summed E-state index contributed by atoms with van der Waals surface area (Å²) in [5.41, 5.74) is 10.8. The molecular formula is C44H48N4O8. The third-order valence-corrected chi connectivity index (χ3v) is 11.0. The van der Waals surface area contributed by atoms with Gasteiger partial charge in [-0.3, -0.25) is 9.59 Å². The van der Waals surface area contributed by atoms with Crippen LogP contribution in [0.5, 0.6) is 0 Å². The van der Waals surface area contributed by atoms with E-state index >= 15 is 0 Å². The Bertz CT molecular complexity index is 2390. The summed E-state index contributed by atoms with van der Waals surface area (Å²) in [5.74, 6) is -1.86. The molecule has 0 radical (unpaired) electrons. The standard InChI is InChI=1S/C44H48N4O8/c1-10-26-23(4)31-19-32-24(5)27(14-17-39(49)53-8)34(45-32)21-35-28(15-18-40(50)54-9)25(6)33(46-35)20-37-30-16-13-29(42(51)55-11-2)41(43(52)56-12-3)44(30,7)38(48-37)22-36(26)47-31/h10,16,19-22,45,48H,1,11-15,17-18H2,2-9H3. The number of aromatic nitrogens is 4. The molecule has 0 saturated heterocycles. The fourth-order valence-electron chi connectivity index (χ4n) is 7.96. The molecule has 0 aromatic carbocycles. The molecule has 2 N–H and O–H groups in total. The molecule has 1 aliphatic carbocycles. The zero-order chi connectivity index (χ0) is 40.5. The van der Waals surface area contributed by atoms with E-state index in [1.54, 1.807) is 19.9 Å². The lowest BCUT2D eigenvalue weighted by molar-refractivity contribution is -0.142. The highest BCUT2D eigenvalue weighted by Crippen LogP contribution is 2.52. The number of carbonyl (C=O) groups is 4. The predicted molar refractivity (Wildman–Crippen MR) is 214 cm³/mol. The van der Waals surface area contributed by atoms with E-state index in [9.17, 15) is 19.2 Å². The second kappa shape index (κ2) is 16.0. The van der Waals surface area contributed by atoms with Crippen molar-refractivity contribution in [3.8, 4) is 0 Å². The molecular weight excluding hydrogens is 713 g/mol. The molecule has 0 fully saturated rings. The van der Waals surface area contributed by atoms with Crippen LogP contribution in [-0.2, 0) is 50.0 Å². The number of aryl methyl sites for hydroxylation is 2. The molecule has 0 saturated carbocycles. The van der Waals surface area contributed by atoms with E-state index in [4.69, 9.17) is 28.9 Å². The SMILES string of the molecule is C=CC1=C(C)c2cc3[nH]c(cc4nc(cc5[nH]c(cc1n2)C1(C)C5=CCC(C(=O)OCC)=C1C(=O)OCC)C(C)=C4CCC(=O)OC)c(CCC(=O)OC)c3C. The van der Waals surface area contributed by atoms with Crippen molar-refractivity contribution < 1.29 is 38.1 Å². The van der Waals surface area contributed by atoms with Crippen molar-refractivity contribution >= 4 is 62.8 Å². The first-order chi connectivity index (χ1) is 26.8. The van der Waals surface area contributed by atoms with Gasteiger partial charge in [-0.2, -0.15) is 0 Å². The van der Waals surface area contributed by atoms with E-state index in [0.717, 1.165) is 50.0 Å². The van der Waals surface area contributed by atoms with Gasteiger partial charge in [-0.15, -0.1) is 0 Å². The maximum Gasteiger partial charge on any atom is 0.335 e. The number of rotatable bonds is 11.